The fourth-order valence-corrected chi connectivity index (χ4v) is 2.53. The third-order valence-corrected chi connectivity index (χ3v) is 3.78. The normalized spacial score (nSPS) is 13.3. The van der Waals surface area contributed by atoms with E-state index in [1.54, 1.807) is 0 Å². The van der Waals surface area contributed by atoms with Gasteiger partial charge in [0, 0.05) is 5.69 Å². The highest BCUT2D eigenvalue weighted by atomic mass is 16.5. The lowest BCUT2D eigenvalue weighted by molar-refractivity contribution is -0.123. The van der Waals surface area contributed by atoms with Crippen LogP contribution < -0.4 is 15.0 Å². The first-order chi connectivity index (χ1) is 11.0. The molecule has 1 heterocycles. The summed E-state index contributed by atoms with van der Waals surface area (Å²) in [5.41, 5.74) is 3.40. The maximum atomic E-state index is 12.3. The number of aryl methyl sites for hydroxylation is 2. The first-order valence-corrected chi connectivity index (χ1v) is 7.44. The molecule has 2 aromatic rings. The average molecular weight is 310 g/mol. The number of para-hydroxylation sites is 1. The number of nitrogens with zero attached hydrogens (tertiary/aromatic N) is 1. The Morgan fingerprint density at radius 2 is 2.00 bits per heavy atom. The van der Waals surface area contributed by atoms with Gasteiger partial charge in [-0.05, 0) is 43.2 Å². The third-order valence-electron chi connectivity index (χ3n) is 3.78. The van der Waals surface area contributed by atoms with Gasteiger partial charge in [0.15, 0.2) is 6.61 Å². The van der Waals surface area contributed by atoms with Gasteiger partial charge >= 0.3 is 0 Å². The number of ether oxygens (including phenoxy) is 1. The number of hydrogen-bond donors (Lipinski definition) is 1. The highest BCUT2D eigenvalue weighted by Crippen LogP contribution is 2.32. The van der Waals surface area contributed by atoms with E-state index in [1.807, 2.05) is 56.3 Å². The van der Waals surface area contributed by atoms with Crippen molar-refractivity contribution >= 4 is 23.2 Å². The Bertz CT molecular complexity index is 771. The van der Waals surface area contributed by atoms with E-state index in [0.29, 0.717) is 11.4 Å². The van der Waals surface area contributed by atoms with Gasteiger partial charge in [-0.2, -0.15) is 0 Å². The summed E-state index contributed by atoms with van der Waals surface area (Å²) in [7, 11) is 0. The summed E-state index contributed by atoms with van der Waals surface area (Å²) < 4.78 is 5.44. The number of fused-ring (bicyclic) bond motifs is 1. The number of nitrogens with one attached hydrogen (secondary N) is 1. The van der Waals surface area contributed by atoms with E-state index in [-0.39, 0.29) is 25.0 Å². The Morgan fingerprint density at radius 1 is 1.22 bits per heavy atom. The maximum absolute atomic E-state index is 12.3. The molecule has 5 nitrogen and oxygen atoms in total. The van der Waals surface area contributed by atoms with Crippen LogP contribution in [0.4, 0.5) is 11.4 Å². The first kappa shape index (κ1) is 15.1. The van der Waals surface area contributed by atoms with Crippen LogP contribution in [-0.4, -0.2) is 25.0 Å². The van der Waals surface area contributed by atoms with E-state index in [2.05, 4.69) is 5.32 Å². The third kappa shape index (κ3) is 3.18. The van der Waals surface area contributed by atoms with Crippen LogP contribution in [0.15, 0.2) is 42.5 Å². The largest absolute Gasteiger partial charge is 0.482 e. The van der Waals surface area contributed by atoms with Crippen LogP contribution >= 0.6 is 0 Å². The van der Waals surface area contributed by atoms with Gasteiger partial charge in [-0.3, -0.25) is 14.5 Å². The van der Waals surface area contributed by atoms with Gasteiger partial charge in [0.1, 0.15) is 12.3 Å². The highest BCUT2D eigenvalue weighted by molar-refractivity contribution is 6.05. The molecule has 0 saturated heterocycles. The van der Waals surface area contributed by atoms with Gasteiger partial charge < -0.3 is 10.1 Å². The predicted molar refractivity (Wildman–Crippen MR) is 88.8 cm³/mol. The van der Waals surface area contributed by atoms with Crippen molar-refractivity contribution in [3.8, 4) is 5.75 Å². The van der Waals surface area contributed by atoms with E-state index in [4.69, 9.17) is 4.74 Å². The summed E-state index contributed by atoms with van der Waals surface area (Å²) in [5.74, 6) is 0.177. The van der Waals surface area contributed by atoms with E-state index < -0.39 is 0 Å². The molecule has 0 spiro atoms. The molecule has 118 valence electrons. The molecule has 0 unspecified atom stereocenters. The Hall–Kier alpha value is -2.82. The molecule has 1 aliphatic rings. The van der Waals surface area contributed by atoms with Crippen LogP contribution in [-0.2, 0) is 9.59 Å². The summed E-state index contributed by atoms with van der Waals surface area (Å²) in [4.78, 5) is 25.9. The molecular weight excluding hydrogens is 292 g/mol. The minimum absolute atomic E-state index is 0.0351. The predicted octanol–water partition coefficient (Wildman–Crippen LogP) is 2.67. The van der Waals surface area contributed by atoms with Crippen molar-refractivity contribution in [3.63, 3.8) is 0 Å². The lowest BCUT2D eigenvalue weighted by atomic mass is 10.1. The summed E-state index contributed by atoms with van der Waals surface area (Å²) in [6.45, 7) is 3.80. The van der Waals surface area contributed by atoms with Crippen molar-refractivity contribution in [2.75, 3.05) is 23.4 Å². The molecule has 23 heavy (non-hydrogen) atoms. The second-order valence-corrected chi connectivity index (χ2v) is 5.60. The Labute approximate surface area is 134 Å². The molecule has 2 amide bonds. The lowest BCUT2D eigenvalue weighted by Crippen LogP contribution is -2.43. The number of carbonyl (C=O) groups excluding carboxylic acids is 2. The zero-order chi connectivity index (χ0) is 16.4. The fourth-order valence-electron chi connectivity index (χ4n) is 2.53. The molecule has 0 aromatic heterocycles. The number of carbonyl (C=O) groups is 2. The highest BCUT2D eigenvalue weighted by Gasteiger charge is 2.27. The summed E-state index contributed by atoms with van der Waals surface area (Å²) in [5, 5.41) is 2.85. The number of hydrogen-bond acceptors (Lipinski definition) is 3. The Kier molecular flexibility index (Phi) is 4.02. The molecule has 0 atom stereocenters. The van der Waals surface area contributed by atoms with E-state index in [0.717, 1.165) is 16.8 Å². The fraction of sp³-hybridized carbons (Fsp3) is 0.222. The summed E-state index contributed by atoms with van der Waals surface area (Å²) in [6.07, 6.45) is 0. The molecule has 0 fully saturated rings. The van der Waals surface area contributed by atoms with Gasteiger partial charge in [0.2, 0.25) is 5.91 Å². The van der Waals surface area contributed by atoms with Crippen molar-refractivity contribution in [1.82, 2.24) is 0 Å². The van der Waals surface area contributed by atoms with Crippen molar-refractivity contribution < 1.29 is 14.3 Å². The van der Waals surface area contributed by atoms with Crippen molar-refractivity contribution in [2.24, 2.45) is 0 Å². The van der Waals surface area contributed by atoms with Crippen LogP contribution in [0.1, 0.15) is 11.1 Å². The number of benzene rings is 2. The van der Waals surface area contributed by atoms with E-state index >= 15 is 0 Å². The van der Waals surface area contributed by atoms with Gasteiger partial charge in [0.05, 0.1) is 5.69 Å². The molecule has 0 bridgehead atoms. The second-order valence-electron chi connectivity index (χ2n) is 5.60. The van der Waals surface area contributed by atoms with Gasteiger partial charge in [0.25, 0.3) is 5.91 Å². The smallest absolute Gasteiger partial charge is 0.265 e. The average Bonchev–Trinajstić information content (AvgIpc) is 2.52. The second kappa shape index (κ2) is 6.12. The Balaban J connectivity index is 1.78. The number of anilines is 2. The molecule has 0 aliphatic carbocycles. The van der Waals surface area contributed by atoms with Crippen molar-refractivity contribution in [2.45, 2.75) is 13.8 Å². The van der Waals surface area contributed by atoms with Crippen LogP contribution in [0.3, 0.4) is 0 Å². The SMILES string of the molecule is Cc1ccc2c(c1)OCC(=O)N2CC(=O)Nc1ccccc1C. The van der Waals surface area contributed by atoms with Crippen LogP contribution in [0.2, 0.25) is 0 Å². The molecule has 0 saturated carbocycles. The number of amides is 2. The summed E-state index contributed by atoms with van der Waals surface area (Å²) in [6, 6.07) is 13.1. The monoisotopic (exact) mass is 310 g/mol. The van der Waals surface area contributed by atoms with Crippen LogP contribution in [0, 0.1) is 13.8 Å². The minimum Gasteiger partial charge on any atom is -0.482 e. The van der Waals surface area contributed by atoms with Gasteiger partial charge in [-0.15, -0.1) is 0 Å². The van der Waals surface area contributed by atoms with E-state index in [1.165, 1.54) is 4.90 Å². The molecular formula is C18H18N2O3. The van der Waals surface area contributed by atoms with E-state index in [9.17, 15) is 9.59 Å². The molecule has 1 N–H and O–H groups in total. The zero-order valence-electron chi connectivity index (χ0n) is 13.1. The number of rotatable bonds is 3. The molecule has 2 aromatic carbocycles. The first-order valence-electron chi connectivity index (χ1n) is 7.44. The molecule has 1 aliphatic heterocycles. The molecule has 5 heteroatoms. The standard InChI is InChI=1S/C18H18N2O3/c1-12-7-8-15-16(9-12)23-11-18(22)20(15)10-17(21)19-14-6-4-3-5-13(14)2/h3-9H,10-11H2,1-2H3,(H,19,21). The maximum Gasteiger partial charge on any atom is 0.265 e. The minimum atomic E-state index is -0.235. The summed E-state index contributed by atoms with van der Waals surface area (Å²) >= 11 is 0. The Morgan fingerprint density at radius 3 is 2.78 bits per heavy atom. The van der Waals surface area contributed by atoms with Gasteiger partial charge in [-0.1, -0.05) is 24.3 Å². The lowest BCUT2D eigenvalue weighted by Gasteiger charge is -2.29. The topological polar surface area (TPSA) is 58.6 Å². The van der Waals surface area contributed by atoms with Crippen molar-refractivity contribution in [3.05, 3.63) is 53.6 Å². The van der Waals surface area contributed by atoms with Crippen molar-refractivity contribution in [1.29, 1.82) is 0 Å². The quantitative estimate of drug-likeness (QED) is 0.948. The van der Waals surface area contributed by atoms with Crippen LogP contribution in [0.5, 0.6) is 5.75 Å². The van der Waals surface area contributed by atoms with Gasteiger partial charge in [-0.25, -0.2) is 0 Å². The zero-order valence-corrected chi connectivity index (χ0v) is 13.1. The molecule has 0 radical (unpaired) electrons. The van der Waals surface area contributed by atoms with Crippen LogP contribution in [0.25, 0.3) is 0 Å². The molecule has 3 rings (SSSR count).